The lowest BCUT2D eigenvalue weighted by Crippen LogP contribution is -2.19. The molecule has 8 heteroatoms. The van der Waals surface area contributed by atoms with Crippen LogP contribution in [0.15, 0.2) is 18.2 Å². The summed E-state index contributed by atoms with van der Waals surface area (Å²) < 4.78 is 0. The third-order valence-corrected chi connectivity index (χ3v) is 2.11. The van der Waals surface area contributed by atoms with Crippen LogP contribution < -0.4 is 10.6 Å². The van der Waals surface area contributed by atoms with Gasteiger partial charge in [-0.05, 0) is 12.1 Å². The van der Waals surface area contributed by atoms with Gasteiger partial charge in [-0.25, -0.2) is 0 Å². The van der Waals surface area contributed by atoms with Crippen molar-refractivity contribution in [2.75, 3.05) is 18.9 Å². The number of aliphatic carboxylic acids is 1. The molecule has 0 fully saturated rings. The molecule has 1 amide bonds. The monoisotopic (exact) mass is 253 g/mol. The molecular weight excluding hydrogens is 242 g/mol. The highest BCUT2D eigenvalue weighted by molar-refractivity contribution is 5.95. The number of carboxylic acid groups (broad SMARTS) is 1. The molecule has 18 heavy (non-hydrogen) atoms. The van der Waals surface area contributed by atoms with Crippen LogP contribution in [0.4, 0.5) is 11.4 Å². The maximum Gasteiger partial charge on any atom is 0.322 e. The lowest BCUT2D eigenvalue weighted by molar-refractivity contribution is -0.383. The molecule has 1 rings (SSSR count). The second kappa shape index (κ2) is 5.62. The fourth-order valence-electron chi connectivity index (χ4n) is 1.29. The number of benzene rings is 1. The van der Waals surface area contributed by atoms with Crippen LogP contribution in [-0.2, 0) is 4.79 Å². The van der Waals surface area contributed by atoms with Crippen LogP contribution in [0.5, 0.6) is 0 Å². The summed E-state index contributed by atoms with van der Waals surface area (Å²) in [5.41, 5.74) is -0.0941. The Morgan fingerprint density at radius 3 is 2.61 bits per heavy atom. The molecule has 0 spiro atoms. The molecule has 0 saturated carbocycles. The number of hydrogen-bond acceptors (Lipinski definition) is 5. The summed E-state index contributed by atoms with van der Waals surface area (Å²) >= 11 is 0. The van der Waals surface area contributed by atoms with Crippen LogP contribution in [0.1, 0.15) is 10.4 Å². The number of hydrogen-bond donors (Lipinski definition) is 3. The molecule has 0 atom stereocenters. The fourth-order valence-corrected chi connectivity index (χ4v) is 1.29. The summed E-state index contributed by atoms with van der Waals surface area (Å²) in [7, 11) is 1.42. The molecule has 0 aliphatic carbocycles. The largest absolute Gasteiger partial charge is 0.480 e. The van der Waals surface area contributed by atoms with E-state index in [2.05, 4.69) is 10.6 Å². The van der Waals surface area contributed by atoms with E-state index >= 15 is 0 Å². The number of nitro benzene ring substituents is 1. The predicted octanol–water partition coefficient (Wildman–Crippen LogP) is 0.451. The maximum absolute atomic E-state index is 11.4. The number of rotatable bonds is 5. The van der Waals surface area contributed by atoms with Crippen LogP contribution in [0.25, 0.3) is 0 Å². The molecular formula is C10H11N3O5. The molecule has 0 aliphatic heterocycles. The summed E-state index contributed by atoms with van der Waals surface area (Å²) in [6.45, 7) is -0.474. The Kier molecular flexibility index (Phi) is 4.19. The summed E-state index contributed by atoms with van der Waals surface area (Å²) in [5, 5.41) is 24.0. The molecule has 1 aromatic rings. The van der Waals surface area contributed by atoms with Crippen molar-refractivity contribution in [2.24, 2.45) is 0 Å². The molecule has 0 aromatic heterocycles. The summed E-state index contributed by atoms with van der Waals surface area (Å²) in [6, 6.07) is 3.68. The van der Waals surface area contributed by atoms with Gasteiger partial charge in [-0.1, -0.05) is 0 Å². The van der Waals surface area contributed by atoms with E-state index in [1.165, 1.54) is 19.2 Å². The minimum Gasteiger partial charge on any atom is -0.480 e. The standard InChI is InChI=1S/C10H11N3O5/c1-11-10(16)6-2-3-8(13(17)18)7(4-6)12-5-9(14)15/h2-4,12H,5H2,1H3,(H,11,16)(H,14,15). The molecule has 0 aliphatic rings. The van der Waals surface area contributed by atoms with Crippen molar-refractivity contribution in [2.45, 2.75) is 0 Å². The van der Waals surface area contributed by atoms with Crippen LogP contribution >= 0.6 is 0 Å². The van der Waals surface area contributed by atoms with Gasteiger partial charge in [0.1, 0.15) is 12.2 Å². The molecule has 0 radical (unpaired) electrons. The van der Waals surface area contributed by atoms with Crippen LogP contribution in [-0.4, -0.2) is 35.5 Å². The Morgan fingerprint density at radius 2 is 2.11 bits per heavy atom. The van der Waals surface area contributed by atoms with Gasteiger partial charge < -0.3 is 15.7 Å². The molecule has 8 nitrogen and oxygen atoms in total. The second-order valence-corrected chi connectivity index (χ2v) is 3.32. The first-order chi connectivity index (χ1) is 8.45. The highest BCUT2D eigenvalue weighted by Crippen LogP contribution is 2.25. The van der Waals surface area contributed by atoms with Crippen molar-refractivity contribution in [1.29, 1.82) is 0 Å². The molecule has 96 valence electrons. The fraction of sp³-hybridized carbons (Fsp3) is 0.200. The van der Waals surface area contributed by atoms with Crippen molar-refractivity contribution >= 4 is 23.3 Å². The van der Waals surface area contributed by atoms with Gasteiger partial charge in [0.05, 0.1) is 4.92 Å². The van der Waals surface area contributed by atoms with Gasteiger partial charge in [-0.15, -0.1) is 0 Å². The van der Waals surface area contributed by atoms with E-state index in [0.29, 0.717) is 0 Å². The number of amides is 1. The van der Waals surface area contributed by atoms with E-state index in [9.17, 15) is 19.7 Å². The molecule has 0 unspecified atom stereocenters. The molecule has 0 heterocycles. The van der Waals surface area contributed by atoms with Gasteiger partial charge in [0.25, 0.3) is 11.6 Å². The number of carbonyl (C=O) groups is 2. The Morgan fingerprint density at radius 1 is 1.44 bits per heavy atom. The Bertz CT molecular complexity index is 500. The highest BCUT2D eigenvalue weighted by atomic mass is 16.6. The topological polar surface area (TPSA) is 122 Å². The number of nitrogens with one attached hydrogen (secondary N) is 2. The molecule has 0 bridgehead atoms. The normalized spacial score (nSPS) is 9.61. The van der Waals surface area contributed by atoms with E-state index in [-0.39, 0.29) is 16.9 Å². The average molecular weight is 253 g/mol. The smallest absolute Gasteiger partial charge is 0.322 e. The quantitative estimate of drug-likeness (QED) is 0.517. The van der Waals surface area contributed by atoms with Crippen molar-refractivity contribution in [3.05, 3.63) is 33.9 Å². The number of nitro groups is 1. The van der Waals surface area contributed by atoms with Crippen molar-refractivity contribution in [3.8, 4) is 0 Å². The molecule has 0 saturated heterocycles. The van der Waals surface area contributed by atoms with E-state index in [4.69, 9.17) is 5.11 Å². The zero-order chi connectivity index (χ0) is 13.7. The van der Waals surface area contributed by atoms with E-state index < -0.39 is 23.3 Å². The number of nitrogens with zero attached hydrogens (tertiary/aromatic N) is 1. The summed E-state index contributed by atoms with van der Waals surface area (Å²) in [4.78, 5) is 31.9. The first-order valence-electron chi connectivity index (χ1n) is 4.92. The second-order valence-electron chi connectivity index (χ2n) is 3.32. The van der Waals surface area contributed by atoms with E-state index in [1.807, 2.05) is 0 Å². The minimum absolute atomic E-state index is 0.0106. The Balaban J connectivity index is 3.11. The van der Waals surface area contributed by atoms with E-state index in [0.717, 1.165) is 6.07 Å². The Hall–Kier alpha value is -2.64. The zero-order valence-electron chi connectivity index (χ0n) is 9.47. The van der Waals surface area contributed by atoms with Gasteiger partial charge in [0.2, 0.25) is 0 Å². The number of anilines is 1. The van der Waals surface area contributed by atoms with Crippen LogP contribution in [0.2, 0.25) is 0 Å². The van der Waals surface area contributed by atoms with Crippen molar-refractivity contribution in [3.63, 3.8) is 0 Å². The average Bonchev–Trinajstić information content (AvgIpc) is 2.34. The van der Waals surface area contributed by atoms with Crippen LogP contribution in [0.3, 0.4) is 0 Å². The molecule has 1 aromatic carbocycles. The Labute approximate surface area is 102 Å². The van der Waals surface area contributed by atoms with Gasteiger partial charge in [0, 0.05) is 18.7 Å². The SMILES string of the molecule is CNC(=O)c1ccc([N+](=O)[O-])c(NCC(=O)O)c1. The highest BCUT2D eigenvalue weighted by Gasteiger charge is 2.16. The van der Waals surface area contributed by atoms with Gasteiger partial charge >= 0.3 is 5.97 Å². The predicted molar refractivity (Wildman–Crippen MR) is 62.6 cm³/mol. The lowest BCUT2D eigenvalue weighted by atomic mass is 10.1. The van der Waals surface area contributed by atoms with Gasteiger partial charge in [0.15, 0.2) is 0 Å². The molecule has 3 N–H and O–H groups in total. The number of carboxylic acids is 1. The summed E-state index contributed by atoms with van der Waals surface area (Å²) in [5.74, 6) is -1.57. The minimum atomic E-state index is -1.16. The first kappa shape index (κ1) is 13.4. The third-order valence-electron chi connectivity index (χ3n) is 2.11. The third kappa shape index (κ3) is 3.17. The van der Waals surface area contributed by atoms with E-state index in [1.54, 1.807) is 0 Å². The van der Waals surface area contributed by atoms with Crippen molar-refractivity contribution < 1.29 is 19.6 Å². The van der Waals surface area contributed by atoms with Crippen LogP contribution in [0, 0.1) is 10.1 Å². The number of carbonyl (C=O) groups excluding carboxylic acids is 1. The van der Waals surface area contributed by atoms with Gasteiger partial charge in [-0.3, -0.25) is 19.7 Å². The zero-order valence-corrected chi connectivity index (χ0v) is 9.47. The van der Waals surface area contributed by atoms with Gasteiger partial charge in [-0.2, -0.15) is 0 Å². The maximum atomic E-state index is 11.4. The summed E-state index contributed by atoms with van der Waals surface area (Å²) in [6.07, 6.45) is 0. The lowest BCUT2D eigenvalue weighted by Gasteiger charge is -2.06. The first-order valence-corrected chi connectivity index (χ1v) is 4.92. The van der Waals surface area contributed by atoms with Crippen molar-refractivity contribution in [1.82, 2.24) is 5.32 Å².